The number of amides is 2. The van der Waals surface area contributed by atoms with Gasteiger partial charge in [-0.2, -0.15) is 0 Å². The number of hydrogen-bond donors (Lipinski definition) is 1. The highest BCUT2D eigenvalue weighted by atomic mass is 32.2. The first-order valence-electron chi connectivity index (χ1n) is 7.97. The van der Waals surface area contributed by atoms with Gasteiger partial charge in [-0.05, 0) is 17.7 Å². The van der Waals surface area contributed by atoms with Crippen molar-refractivity contribution in [3.63, 3.8) is 0 Å². The molecule has 8 heteroatoms. The van der Waals surface area contributed by atoms with Crippen LogP contribution in [0, 0.1) is 0 Å². The molecule has 1 unspecified atom stereocenters. The average Bonchev–Trinajstić information content (AvgIpc) is 3.24. The number of carbonyl (C=O) groups is 2. The normalized spacial score (nSPS) is 17.0. The molecule has 26 heavy (non-hydrogen) atoms. The molecular weight excluding hydrogens is 370 g/mol. The maximum Gasteiger partial charge on any atom is 0.257 e. The molecule has 1 saturated heterocycles. The van der Waals surface area contributed by atoms with Gasteiger partial charge in [-0.25, -0.2) is 9.99 Å². The van der Waals surface area contributed by atoms with E-state index in [-0.39, 0.29) is 22.9 Å². The minimum atomic E-state index is -0.269. The highest BCUT2D eigenvalue weighted by Crippen LogP contribution is 2.37. The van der Waals surface area contributed by atoms with Gasteiger partial charge >= 0.3 is 0 Å². The summed E-state index contributed by atoms with van der Waals surface area (Å²) in [4.78, 5) is 28.8. The van der Waals surface area contributed by atoms with Gasteiger partial charge in [0, 0.05) is 0 Å². The zero-order valence-electron chi connectivity index (χ0n) is 13.6. The third-order valence-electron chi connectivity index (χ3n) is 3.80. The van der Waals surface area contributed by atoms with Crippen molar-refractivity contribution in [1.29, 1.82) is 0 Å². The van der Waals surface area contributed by atoms with Crippen LogP contribution in [0.1, 0.15) is 10.9 Å². The fraction of sp³-hybridized carbons (Fsp3) is 0.167. The standard InChI is InChI=1S/C18H15N3O3S2/c22-15(10-26-18-19-13-8-4-5-9-14(13)24-18)20-21-16(23)11-25-17(21)12-6-2-1-3-7-12/h1-9,17H,10-11H2,(H,20,22). The zero-order valence-corrected chi connectivity index (χ0v) is 15.3. The number of thioether (sulfide) groups is 2. The van der Waals surface area contributed by atoms with E-state index in [4.69, 9.17) is 4.42 Å². The highest BCUT2D eigenvalue weighted by Gasteiger charge is 2.34. The van der Waals surface area contributed by atoms with Crippen LogP contribution in [0.3, 0.4) is 0 Å². The first-order chi connectivity index (χ1) is 12.7. The van der Waals surface area contributed by atoms with E-state index in [0.29, 0.717) is 16.6 Å². The first kappa shape index (κ1) is 17.0. The minimum Gasteiger partial charge on any atom is -0.431 e. The number of hydrazine groups is 1. The molecule has 0 bridgehead atoms. The van der Waals surface area contributed by atoms with Gasteiger partial charge in [0.2, 0.25) is 5.91 Å². The predicted octanol–water partition coefficient (Wildman–Crippen LogP) is 3.23. The molecule has 6 nitrogen and oxygen atoms in total. The van der Waals surface area contributed by atoms with Crippen LogP contribution in [-0.4, -0.2) is 33.3 Å². The molecule has 0 spiro atoms. The Labute approximate surface area is 158 Å². The Morgan fingerprint density at radius 3 is 2.81 bits per heavy atom. The van der Waals surface area contributed by atoms with Crippen molar-refractivity contribution in [3.8, 4) is 0 Å². The van der Waals surface area contributed by atoms with Crippen molar-refractivity contribution in [3.05, 3.63) is 60.2 Å². The Morgan fingerprint density at radius 1 is 1.23 bits per heavy atom. The number of hydrogen-bond acceptors (Lipinski definition) is 6. The quantitative estimate of drug-likeness (QED) is 0.680. The van der Waals surface area contributed by atoms with E-state index in [0.717, 1.165) is 11.1 Å². The SMILES string of the molecule is O=C(CSc1nc2ccccc2o1)NN1C(=O)CSC1c1ccccc1. The number of aromatic nitrogens is 1. The molecule has 1 atom stereocenters. The number of fused-ring (bicyclic) bond motifs is 1. The van der Waals surface area contributed by atoms with Gasteiger partial charge in [0.1, 0.15) is 10.9 Å². The number of benzene rings is 2. The van der Waals surface area contributed by atoms with Crippen molar-refractivity contribution in [1.82, 2.24) is 15.4 Å². The van der Waals surface area contributed by atoms with Crippen LogP contribution in [-0.2, 0) is 9.59 Å². The lowest BCUT2D eigenvalue weighted by atomic mass is 10.2. The molecule has 1 aliphatic heterocycles. The maximum atomic E-state index is 12.3. The van der Waals surface area contributed by atoms with Crippen LogP contribution >= 0.6 is 23.5 Å². The Morgan fingerprint density at radius 2 is 2.00 bits per heavy atom. The van der Waals surface area contributed by atoms with Crippen molar-refractivity contribution >= 4 is 46.4 Å². The smallest absolute Gasteiger partial charge is 0.257 e. The molecule has 0 saturated carbocycles. The van der Waals surface area contributed by atoms with Crippen LogP contribution in [0.25, 0.3) is 11.1 Å². The van der Waals surface area contributed by atoms with E-state index in [1.807, 2.05) is 54.6 Å². The highest BCUT2D eigenvalue weighted by molar-refractivity contribution is 8.00. The number of rotatable bonds is 5. The van der Waals surface area contributed by atoms with E-state index in [1.165, 1.54) is 28.5 Å². The Bertz CT molecular complexity index is 912. The number of oxazole rings is 1. The van der Waals surface area contributed by atoms with Crippen molar-refractivity contribution in [2.24, 2.45) is 0 Å². The third-order valence-corrected chi connectivity index (χ3v) is 5.84. The first-order valence-corrected chi connectivity index (χ1v) is 10.0. The fourth-order valence-electron chi connectivity index (χ4n) is 2.62. The summed E-state index contributed by atoms with van der Waals surface area (Å²) in [6.45, 7) is 0. The van der Waals surface area contributed by atoms with Gasteiger partial charge in [-0.15, -0.1) is 11.8 Å². The molecule has 2 aromatic carbocycles. The molecule has 1 fully saturated rings. The zero-order chi connectivity index (χ0) is 17.9. The van der Waals surface area contributed by atoms with Gasteiger partial charge < -0.3 is 4.42 Å². The minimum absolute atomic E-state index is 0.107. The Kier molecular flexibility index (Phi) is 4.85. The summed E-state index contributed by atoms with van der Waals surface area (Å²) >= 11 is 2.70. The van der Waals surface area contributed by atoms with Gasteiger partial charge in [-0.1, -0.05) is 54.2 Å². The molecule has 0 radical (unpaired) electrons. The van der Waals surface area contributed by atoms with E-state index in [9.17, 15) is 9.59 Å². The molecule has 3 aromatic rings. The van der Waals surface area contributed by atoms with Crippen LogP contribution in [0.4, 0.5) is 0 Å². The van der Waals surface area contributed by atoms with Crippen molar-refractivity contribution < 1.29 is 14.0 Å². The molecule has 4 rings (SSSR count). The molecule has 1 aromatic heterocycles. The van der Waals surface area contributed by atoms with Gasteiger partial charge in [0.25, 0.3) is 11.1 Å². The summed E-state index contributed by atoms with van der Waals surface area (Å²) in [5, 5.41) is 1.64. The molecule has 132 valence electrons. The van der Waals surface area contributed by atoms with Gasteiger partial charge in [0.05, 0.1) is 11.5 Å². The largest absolute Gasteiger partial charge is 0.431 e. The number of carbonyl (C=O) groups excluding carboxylic acids is 2. The van der Waals surface area contributed by atoms with Crippen LogP contribution in [0.2, 0.25) is 0 Å². The molecule has 0 aliphatic carbocycles. The van der Waals surface area contributed by atoms with Crippen LogP contribution in [0.5, 0.6) is 0 Å². The summed E-state index contributed by atoms with van der Waals surface area (Å²) < 4.78 is 5.59. The predicted molar refractivity (Wildman–Crippen MR) is 101 cm³/mol. The van der Waals surface area contributed by atoms with Crippen LogP contribution in [0.15, 0.2) is 64.2 Å². The Hall–Kier alpha value is -2.45. The van der Waals surface area contributed by atoms with E-state index in [1.54, 1.807) is 0 Å². The molecule has 1 aliphatic rings. The molecule has 2 heterocycles. The van der Waals surface area contributed by atoms with Crippen molar-refractivity contribution in [2.45, 2.75) is 10.6 Å². The maximum absolute atomic E-state index is 12.3. The lowest BCUT2D eigenvalue weighted by molar-refractivity contribution is -0.138. The lowest BCUT2D eigenvalue weighted by Crippen LogP contribution is -2.45. The average molecular weight is 385 g/mol. The molecular formula is C18H15N3O3S2. The monoisotopic (exact) mass is 385 g/mol. The van der Waals surface area contributed by atoms with E-state index >= 15 is 0 Å². The van der Waals surface area contributed by atoms with E-state index < -0.39 is 0 Å². The van der Waals surface area contributed by atoms with Gasteiger partial charge in [0.15, 0.2) is 5.58 Å². The fourth-order valence-corrected chi connectivity index (χ4v) is 4.35. The van der Waals surface area contributed by atoms with Crippen LogP contribution < -0.4 is 5.43 Å². The summed E-state index contributed by atoms with van der Waals surface area (Å²) in [6, 6.07) is 17.1. The second-order valence-corrected chi connectivity index (χ2v) is 7.60. The third kappa shape index (κ3) is 3.56. The molecule has 2 amide bonds. The van der Waals surface area contributed by atoms with E-state index in [2.05, 4.69) is 10.4 Å². The number of nitrogens with zero attached hydrogens (tertiary/aromatic N) is 2. The van der Waals surface area contributed by atoms with Crippen molar-refractivity contribution in [2.75, 3.05) is 11.5 Å². The second kappa shape index (κ2) is 7.43. The Balaban J connectivity index is 1.39. The number of para-hydroxylation sites is 2. The second-order valence-electron chi connectivity index (χ2n) is 5.61. The summed E-state index contributed by atoms with van der Waals surface area (Å²) in [7, 11) is 0. The summed E-state index contributed by atoms with van der Waals surface area (Å²) in [5.41, 5.74) is 5.14. The molecule has 1 N–H and O–H groups in total. The summed E-state index contributed by atoms with van der Waals surface area (Å²) in [6.07, 6.45) is 0. The topological polar surface area (TPSA) is 75.4 Å². The van der Waals surface area contributed by atoms with Gasteiger partial charge in [-0.3, -0.25) is 15.0 Å². The number of nitrogens with one attached hydrogen (secondary N) is 1. The summed E-state index contributed by atoms with van der Waals surface area (Å²) in [5.74, 6) is 0.0825. The lowest BCUT2D eigenvalue weighted by Gasteiger charge is -2.24.